The maximum atomic E-state index is 11.5. The van der Waals surface area contributed by atoms with Crippen LogP contribution in [0, 0.1) is 6.92 Å². The van der Waals surface area contributed by atoms with Gasteiger partial charge in [0, 0.05) is 12.3 Å². The van der Waals surface area contributed by atoms with E-state index in [-0.39, 0.29) is 18.4 Å². The van der Waals surface area contributed by atoms with Crippen molar-refractivity contribution in [3.8, 4) is 0 Å². The number of pyridine rings is 1. The average Bonchev–Trinajstić information content (AvgIpc) is 2.21. The Morgan fingerprint density at radius 3 is 2.87 bits per heavy atom. The van der Waals surface area contributed by atoms with Crippen LogP contribution in [0.5, 0.6) is 0 Å². The first-order chi connectivity index (χ1) is 7.04. The van der Waals surface area contributed by atoms with Crippen LogP contribution in [0.3, 0.4) is 0 Å². The Kier molecular flexibility index (Phi) is 3.91. The molecule has 1 atom stereocenters. The molecule has 0 aliphatic carbocycles. The van der Waals surface area contributed by atoms with E-state index < -0.39 is 0 Å². The van der Waals surface area contributed by atoms with Gasteiger partial charge in [-0.25, -0.2) is 0 Å². The first-order valence-corrected chi connectivity index (χ1v) is 5.12. The van der Waals surface area contributed by atoms with Gasteiger partial charge in [-0.2, -0.15) is 0 Å². The maximum Gasteiger partial charge on any atom is 0.252 e. The van der Waals surface area contributed by atoms with Crippen LogP contribution in [0.4, 0.5) is 5.69 Å². The van der Waals surface area contributed by atoms with E-state index in [9.17, 15) is 4.79 Å². The third-order valence-electron chi connectivity index (χ3n) is 2.45. The number of anilines is 1. The number of aromatic nitrogens is 1. The normalized spacial score (nSPS) is 12.7. The van der Waals surface area contributed by atoms with Crippen LogP contribution in [-0.4, -0.2) is 10.7 Å². The maximum absolute atomic E-state index is 11.5. The Morgan fingerprint density at radius 1 is 1.60 bits per heavy atom. The minimum atomic E-state index is -0.0787. The van der Waals surface area contributed by atoms with Gasteiger partial charge < -0.3 is 10.5 Å². The molecule has 1 unspecified atom stereocenters. The van der Waals surface area contributed by atoms with Crippen LogP contribution in [0.1, 0.15) is 25.8 Å². The molecule has 4 heteroatoms. The second-order valence-corrected chi connectivity index (χ2v) is 3.73. The van der Waals surface area contributed by atoms with E-state index in [4.69, 9.17) is 10.5 Å². The molecule has 0 saturated carbocycles. The summed E-state index contributed by atoms with van der Waals surface area (Å²) in [6, 6.07) is 1.52. The van der Waals surface area contributed by atoms with Crippen molar-refractivity contribution >= 4 is 5.69 Å². The van der Waals surface area contributed by atoms with Crippen molar-refractivity contribution in [2.45, 2.75) is 40.0 Å². The molecular formula is C11H18N2O2. The van der Waals surface area contributed by atoms with E-state index in [2.05, 4.69) is 0 Å². The molecule has 0 amide bonds. The fourth-order valence-corrected chi connectivity index (χ4v) is 1.11. The molecule has 1 rings (SSSR count). The minimum absolute atomic E-state index is 0.0787. The number of nitrogen functional groups attached to an aromatic ring is 1. The number of ether oxygens (including phenoxy) is 1. The van der Waals surface area contributed by atoms with Crippen molar-refractivity contribution < 1.29 is 4.74 Å². The van der Waals surface area contributed by atoms with Crippen molar-refractivity contribution in [1.29, 1.82) is 0 Å². The number of nitrogens with zero attached hydrogens (tertiary/aromatic N) is 1. The van der Waals surface area contributed by atoms with Gasteiger partial charge in [-0.3, -0.25) is 9.36 Å². The van der Waals surface area contributed by atoms with Gasteiger partial charge in [0.05, 0.1) is 11.8 Å². The third-order valence-corrected chi connectivity index (χ3v) is 2.45. The average molecular weight is 210 g/mol. The second-order valence-electron chi connectivity index (χ2n) is 3.73. The SMILES string of the molecule is CCC(C)OCn1cc(N)c(C)cc1=O. The van der Waals surface area contributed by atoms with Gasteiger partial charge >= 0.3 is 0 Å². The van der Waals surface area contributed by atoms with Gasteiger partial charge in [0.2, 0.25) is 0 Å². The summed E-state index contributed by atoms with van der Waals surface area (Å²) in [6.07, 6.45) is 2.70. The molecule has 0 aliphatic rings. The van der Waals surface area contributed by atoms with Gasteiger partial charge in [0.1, 0.15) is 6.73 Å². The molecule has 0 spiro atoms. The molecule has 2 N–H and O–H groups in total. The molecular weight excluding hydrogens is 192 g/mol. The smallest absolute Gasteiger partial charge is 0.252 e. The fourth-order valence-electron chi connectivity index (χ4n) is 1.11. The highest BCUT2D eigenvalue weighted by Gasteiger charge is 2.02. The Morgan fingerprint density at radius 2 is 2.27 bits per heavy atom. The van der Waals surface area contributed by atoms with Gasteiger partial charge in [-0.15, -0.1) is 0 Å². The molecule has 1 aromatic heterocycles. The monoisotopic (exact) mass is 210 g/mol. The highest BCUT2D eigenvalue weighted by atomic mass is 16.5. The van der Waals surface area contributed by atoms with Gasteiger partial charge in [0.25, 0.3) is 5.56 Å². The van der Waals surface area contributed by atoms with Crippen molar-refractivity contribution in [3.63, 3.8) is 0 Å². The summed E-state index contributed by atoms with van der Waals surface area (Å²) in [5.41, 5.74) is 7.05. The molecule has 1 heterocycles. The van der Waals surface area contributed by atoms with Crippen molar-refractivity contribution in [1.82, 2.24) is 4.57 Å². The quantitative estimate of drug-likeness (QED) is 0.819. The molecule has 0 fully saturated rings. The van der Waals surface area contributed by atoms with Crippen molar-refractivity contribution in [2.75, 3.05) is 5.73 Å². The highest BCUT2D eigenvalue weighted by molar-refractivity contribution is 5.42. The summed E-state index contributed by atoms with van der Waals surface area (Å²) >= 11 is 0. The van der Waals surface area contributed by atoms with Crippen LogP contribution in [0.25, 0.3) is 0 Å². The topological polar surface area (TPSA) is 57.2 Å². The molecule has 15 heavy (non-hydrogen) atoms. The van der Waals surface area contributed by atoms with Crippen LogP contribution >= 0.6 is 0 Å². The molecule has 0 radical (unpaired) electrons. The first kappa shape index (κ1) is 11.8. The zero-order valence-electron chi connectivity index (χ0n) is 9.49. The molecule has 1 aromatic rings. The zero-order chi connectivity index (χ0) is 11.4. The summed E-state index contributed by atoms with van der Waals surface area (Å²) < 4.78 is 6.94. The van der Waals surface area contributed by atoms with Crippen LogP contribution in [0.15, 0.2) is 17.1 Å². The molecule has 4 nitrogen and oxygen atoms in total. The second kappa shape index (κ2) is 4.98. The molecule has 0 bridgehead atoms. The highest BCUT2D eigenvalue weighted by Crippen LogP contribution is 2.06. The number of aryl methyl sites for hydroxylation is 1. The summed E-state index contributed by atoms with van der Waals surface area (Å²) in [7, 11) is 0. The summed E-state index contributed by atoms with van der Waals surface area (Å²) in [4.78, 5) is 11.5. The van der Waals surface area contributed by atoms with E-state index in [1.54, 1.807) is 6.20 Å². The van der Waals surface area contributed by atoms with E-state index >= 15 is 0 Å². The molecule has 0 aliphatic heterocycles. The van der Waals surface area contributed by atoms with Crippen LogP contribution < -0.4 is 11.3 Å². The largest absolute Gasteiger partial charge is 0.397 e. The number of hydrogen-bond donors (Lipinski definition) is 1. The van der Waals surface area contributed by atoms with E-state index in [1.807, 2.05) is 20.8 Å². The lowest BCUT2D eigenvalue weighted by molar-refractivity contribution is 0.0143. The lowest BCUT2D eigenvalue weighted by Gasteiger charge is -2.13. The Labute approximate surface area is 89.7 Å². The number of rotatable bonds is 4. The van der Waals surface area contributed by atoms with E-state index in [0.717, 1.165) is 12.0 Å². The van der Waals surface area contributed by atoms with Gasteiger partial charge in [-0.05, 0) is 25.8 Å². The first-order valence-electron chi connectivity index (χ1n) is 5.12. The minimum Gasteiger partial charge on any atom is -0.397 e. The van der Waals surface area contributed by atoms with Crippen molar-refractivity contribution in [2.24, 2.45) is 0 Å². The van der Waals surface area contributed by atoms with Gasteiger partial charge in [0.15, 0.2) is 0 Å². The van der Waals surface area contributed by atoms with Crippen LogP contribution in [0.2, 0.25) is 0 Å². The molecule has 84 valence electrons. The third kappa shape index (κ3) is 3.09. The van der Waals surface area contributed by atoms with Crippen molar-refractivity contribution in [3.05, 3.63) is 28.2 Å². The number of hydrogen-bond acceptors (Lipinski definition) is 3. The van der Waals surface area contributed by atoms with Crippen LogP contribution in [-0.2, 0) is 11.5 Å². The molecule has 0 aromatic carbocycles. The summed E-state index contributed by atoms with van der Waals surface area (Å²) in [5, 5.41) is 0. The summed E-state index contributed by atoms with van der Waals surface area (Å²) in [6.45, 7) is 6.09. The standard InChI is InChI=1S/C11H18N2O2/c1-4-9(3)15-7-13-6-10(12)8(2)5-11(13)14/h5-6,9H,4,7,12H2,1-3H3. The Balaban J connectivity index is 2.78. The lowest BCUT2D eigenvalue weighted by Crippen LogP contribution is -2.23. The predicted molar refractivity (Wildman–Crippen MR) is 60.7 cm³/mol. The fraction of sp³-hybridized carbons (Fsp3) is 0.545. The van der Waals surface area contributed by atoms with Gasteiger partial charge in [-0.1, -0.05) is 6.92 Å². The number of nitrogens with two attached hydrogens (primary N) is 1. The van der Waals surface area contributed by atoms with E-state index in [0.29, 0.717) is 5.69 Å². The van der Waals surface area contributed by atoms with E-state index in [1.165, 1.54) is 10.6 Å². The molecule has 0 saturated heterocycles. The lowest BCUT2D eigenvalue weighted by atomic mass is 10.2. The zero-order valence-corrected chi connectivity index (χ0v) is 9.49. The summed E-state index contributed by atoms with van der Waals surface area (Å²) in [5.74, 6) is 0. The Bertz CT molecular complexity index is 385. The Hall–Kier alpha value is -1.29. The predicted octanol–water partition coefficient (Wildman–Crippen LogP) is 1.51.